The predicted octanol–water partition coefficient (Wildman–Crippen LogP) is 2.82. The van der Waals surface area contributed by atoms with Gasteiger partial charge in [0.1, 0.15) is 17.8 Å². The second kappa shape index (κ2) is 8.76. The molecule has 162 valence electrons. The van der Waals surface area contributed by atoms with Crippen LogP contribution in [0.2, 0.25) is 0 Å². The van der Waals surface area contributed by atoms with Gasteiger partial charge in [-0.25, -0.2) is 4.79 Å². The number of hydrogen-bond acceptors (Lipinski definition) is 5. The highest BCUT2D eigenvalue weighted by atomic mass is 79.9. The summed E-state index contributed by atoms with van der Waals surface area (Å²) in [5.41, 5.74) is 0.0286. The van der Waals surface area contributed by atoms with E-state index in [1.807, 2.05) is 0 Å². The molecule has 2 aromatic carbocycles. The highest BCUT2D eigenvalue weighted by molar-refractivity contribution is 9.10. The van der Waals surface area contributed by atoms with Gasteiger partial charge in [-0.15, -0.1) is 0 Å². The molecule has 3 rings (SSSR count). The lowest BCUT2D eigenvalue weighted by atomic mass is 9.92. The molecule has 1 saturated heterocycles. The maximum atomic E-state index is 13.0. The second-order valence-electron chi connectivity index (χ2n) is 7.07. The molecule has 9 nitrogen and oxygen atoms in total. The molecule has 0 bridgehead atoms. The van der Waals surface area contributed by atoms with Gasteiger partial charge in [-0.1, -0.05) is 34.1 Å². The normalized spacial score (nSPS) is 17.9. The monoisotopic (exact) mass is 488 g/mol. The molecular weight excluding hydrogens is 468 g/mol. The smallest absolute Gasteiger partial charge is 0.325 e. The molecule has 5 amide bonds. The Morgan fingerprint density at radius 1 is 1.16 bits per heavy atom. The average Bonchev–Trinajstić information content (AvgIpc) is 2.92. The van der Waals surface area contributed by atoms with Crippen molar-refractivity contribution in [1.82, 2.24) is 10.2 Å². The Hall–Kier alpha value is -3.40. The number of amides is 5. The van der Waals surface area contributed by atoms with Gasteiger partial charge in [-0.05, 0) is 31.2 Å². The van der Waals surface area contributed by atoms with Crippen molar-refractivity contribution in [1.29, 1.82) is 0 Å². The third-order valence-corrected chi connectivity index (χ3v) is 5.47. The van der Waals surface area contributed by atoms with Crippen LogP contribution in [0.5, 0.6) is 5.75 Å². The zero-order valence-electron chi connectivity index (χ0n) is 17.1. The van der Waals surface area contributed by atoms with E-state index in [1.165, 1.54) is 20.1 Å². The molecule has 3 N–H and O–H groups in total. The van der Waals surface area contributed by atoms with E-state index in [9.17, 15) is 19.2 Å². The van der Waals surface area contributed by atoms with Gasteiger partial charge in [0, 0.05) is 22.6 Å². The summed E-state index contributed by atoms with van der Waals surface area (Å²) in [4.78, 5) is 50.3. The summed E-state index contributed by atoms with van der Waals surface area (Å²) in [6.45, 7) is 2.46. The molecule has 1 fully saturated rings. The maximum Gasteiger partial charge on any atom is 0.325 e. The van der Waals surface area contributed by atoms with Gasteiger partial charge in [-0.3, -0.25) is 19.3 Å². The summed E-state index contributed by atoms with van der Waals surface area (Å²) in [6.07, 6.45) is 0. The number of methoxy groups -OCH3 is 1. The Labute approximate surface area is 187 Å². The van der Waals surface area contributed by atoms with Crippen LogP contribution in [0.25, 0.3) is 0 Å². The number of imide groups is 1. The Morgan fingerprint density at radius 2 is 1.87 bits per heavy atom. The van der Waals surface area contributed by atoms with E-state index < -0.39 is 29.9 Å². The van der Waals surface area contributed by atoms with E-state index in [4.69, 9.17) is 4.74 Å². The molecule has 31 heavy (non-hydrogen) atoms. The number of benzene rings is 2. The van der Waals surface area contributed by atoms with Gasteiger partial charge < -0.3 is 20.7 Å². The lowest BCUT2D eigenvalue weighted by Crippen LogP contribution is -2.42. The van der Waals surface area contributed by atoms with Gasteiger partial charge in [0.25, 0.3) is 5.91 Å². The highest BCUT2D eigenvalue weighted by Crippen LogP contribution is 2.34. The molecular formula is C21H21BrN4O5. The van der Waals surface area contributed by atoms with E-state index in [1.54, 1.807) is 43.3 Å². The minimum absolute atomic E-state index is 0.270. The first kappa shape index (κ1) is 22.3. The van der Waals surface area contributed by atoms with Gasteiger partial charge in [-0.2, -0.15) is 0 Å². The van der Waals surface area contributed by atoms with Crippen molar-refractivity contribution in [3.05, 3.63) is 52.5 Å². The van der Waals surface area contributed by atoms with Crippen molar-refractivity contribution in [3.63, 3.8) is 0 Å². The highest BCUT2D eigenvalue weighted by Gasteiger charge is 2.50. The van der Waals surface area contributed by atoms with E-state index in [0.29, 0.717) is 27.2 Å². The summed E-state index contributed by atoms with van der Waals surface area (Å²) < 4.78 is 5.89. The molecule has 0 aromatic heterocycles. The maximum absolute atomic E-state index is 13.0. The average molecular weight is 489 g/mol. The van der Waals surface area contributed by atoms with Crippen LogP contribution in [0.1, 0.15) is 19.4 Å². The molecule has 1 atom stereocenters. The topological polar surface area (TPSA) is 117 Å². The summed E-state index contributed by atoms with van der Waals surface area (Å²) in [7, 11) is 1.43. The van der Waals surface area contributed by atoms with Crippen molar-refractivity contribution < 1.29 is 23.9 Å². The number of nitrogens with one attached hydrogen (secondary N) is 3. The van der Waals surface area contributed by atoms with Gasteiger partial charge in [0.05, 0.1) is 12.8 Å². The van der Waals surface area contributed by atoms with Crippen LogP contribution < -0.4 is 20.7 Å². The molecule has 1 heterocycles. The van der Waals surface area contributed by atoms with Crippen LogP contribution in [0.15, 0.2) is 46.9 Å². The minimum atomic E-state index is -1.31. The zero-order valence-corrected chi connectivity index (χ0v) is 18.7. The number of halogens is 1. The SMILES string of the molecule is COc1ccc(NC(C)=O)cc1NC(=O)CN1C(=O)NC(C)(c2ccccc2Br)C1=O. The Morgan fingerprint density at radius 3 is 2.52 bits per heavy atom. The van der Waals surface area contributed by atoms with Crippen molar-refractivity contribution >= 4 is 51.1 Å². The third-order valence-electron chi connectivity index (χ3n) is 4.78. The van der Waals surface area contributed by atoms with E-state index in [-0.39, 0.29) is 5.91 Å². The van der Waals surface area contributed by atoms with Crippen LogP contribution in [0, 0.1) is 0 Å². The summed E-state index contributed by atoms with van der Waals surface area (Å²) >= 11 is 3.40. The Kier molecular flexibility index (Phi) is 6.30. The van der Waals surface area contributed by atoms with E-state index in [2.05, 4.69) is 31.9 Å². The standard InChI is InChI=1S/C21H21BrN4O5/c1-12(27)23-13-8-9-17(31-3)16(10-13)24-18(28)11-26-19(29)21(2,25-20(26)30)14-6-4-5-7-15(14)22/h4-10H,11H2,1-3H3,(H,23,27)(H,24,28)(H,25,30). The zero-order chi connectivity index (χ0) is 22.8. The van der Waals surface area contributed by atoms with Crippen LogP contribution in [-0.2, 0) is 19.9 Å². The summed E-state index contributed by atoms with van der Waals surface area (Å²) in [5, 5.41) is 7.90. The molecule has 0 radical (unpaired) electrons. The number of urea groups is 1. The first-order valence-corrected chi connectivity index (χ1v) is 10.1. The number of nitrogens with zero attached hydrogens (tertiary/aromatic N) is 1. The molecule has 1 unspecified atom stereocenters. The quantitative estimate of drug-likeness (QED) is 0.540. The number of hydrogen-bond donors (Lipinski definition) is 3. The van der Waals surface area contributed by atoms with Crippen LogP contribution in [0.4, 0.5) is 16.2 Å². The molecule has 1 aliphatic rings. The number of ether oxygens (including phenoxy) is 1. The Bertz CT molecular complexity index is 1070. The Balaban J connectivity index is 1.78. The van der Waals surface area contributed by atoms with Gasteiger partial charge >= 0.3 is 6.03 Å². The first-order valence-electron chi connectivity index (χ1n) is 9.30. The molecule has 0 aliphatic carbocycles. The van der Waals surface area contributed by atoms with Crippen molar-refractivity contribution in [2.45, 2.75) is 19.4 Å². The number of rotatable bonds is 6. The number of carbonyl (C=O) groups is 4. The fraction of sp³-hybridized carbons (Fsp3) is 0.238. The first-order chi connectivity index (χ1) is 14.7. The van der Waals surface area contributed by atoms with Gasteiger partial charge in [0.2, 0.25) is 11.8 Å². The van der Waals surface area contributed by atoms with Crippen LogP contribution in [0.3, 0.4) is 0 Å². The second-order valence-corrected chi connectivity index (χ2v) is 7.93. The van der Waals surface area contributed by atoms with Crippen molar-refractivity contribution in [3.8, 4) is 5.75 Å². The predicted molar refractivity (Wildman–Crippen MR) is 118 cm³/mol. The fourth-order valence-corrected chi connectivity index (χ4v) is 3.99. The van der Waals surface area contributed by atoms with E-state index >= 15 is 0 Å². The van der Waals surface area contributed by atoms with Crippen LogP contribution >= 0.6 is 15.9 Å². The third kappa shape index (κ3) is 4.53. The fourth-order valence-electron chi connectivity index (χ4n) is 3.31. The summed E-state index contributed by atoms with van der Waals surface area (Å²) in [6, 6.07) is 11.1. The van der Waals surface area contributed by atoms with Crippen LogP contribution in [-0.4, -0.2) is 42.3 Å². The number of carbonyl (C=O) groups excluding carboxylic acids is 4. The minimum Gasteiger partial charge on any atom is -0.495 e. The van der Waals surface area contributed by atoms with Crippen molar-refractivity contribution in [2.24, 2.45) is 0 Å². The lowest BCUT2D eigenvalue weighted by molar-refractivity contribution is -0.133. The summed E-state index contributed by atoms with van der Waals surface area (Å²) in [5.74, 6) is -1.05. The molecule has 10 heteroatoms. The van der Waals surface area contributed by atoms with Gasteiger partial charge in [0.15, 0.2) is 0 Å². The van der Waals surface area contributed by atoms with Crippen molar-refractivity contribution in [2.75, 3.05) is 24.3 Å². The molecule has 2 aromatic rings. The number of anilines is 2. The molecule has 0 saturated carbocycles. The molecule has 0 spiro atoms. The largest absolute Gasteiger partial charge is 0.495 e. The van der Waals surface area contributed by atoms with E-state index in [0.717, 1.165) is 4.90 Å². The lowest BCUT2D eigenvalue weighted by Gasteiger charge is -2.23. The molecule has 1 aliphatic heterocycles.